The van der Waals surface area contributed by atoms with E-state index in [4.69, 9.17) is 5.11 Å². The first-order valence-electron chi connectivity index (χ1n) is 8.70. The second kappa shape index (κ2) is 12.7. The van der Waals surface area contributed by atoms with Crippen LogP contribution in [0.2, 0.25) is 0 Å². The summed E-state index contributed by atoms with van der Waals surface area (Å²) in [7, 11) is 0. The molecular formula is C19H29NO3. The van der Waals surface area contributed by atoms with Crippen LogP contribution < -0.4 is 0 Å². The number of aromatic hydroxyl groups is 1. The van der Waals surface area contributed by atoms with Gasteiger partial charge in [-0.1, -0.05) is 57.1 Å². The summed E-state index contributed by atoms with van der Waals surface area (Å²) in [6, 6.07) is 7.22. The number of hydrogen-bond acceptors (Lipinski definition) is 3. The van der Waals surface area contributed by atoms with E-state index in [0.717, 1.165) is 37.8 Å². The van der Waals surface area contributed by atoms with E-state index >= 15 is 0 Å². The Morgan fingerprint density at radius 2 is 1.48 bits per heavy atom. The Morgan fingerprint density at radius 3 is 2.09 bits per heavy atom. The predicted octanol–water partition coefficient (Wildman–Crippen LogP) is 4.80. The molecule has 0 atom stereocenters. The summed E-state index contributed by atoms with van der Waals surface area (Å²) < 4.78 is 0. The number of phenols is 1. The topological polar surface area (TPSA) is 69.9 Å². The highest BCUT2D eigenvalue weighted by Crippen LogP contribution is 2.13. The number of unbranched alkanes of at least 4 members (excludes halogenated alkanes) is 8. The molecule has 0 aliphatic carbocycles. The largest absolute Gasteiger partial charge is 0.507 e. The van der Waals surface area contributed by atoms with E-state index in [2.05, 4.69) is 4.99 Å². The molecule has 0 radical (unpaired) electrons. The lowest BCUT2D eigenvalue weighted by atomic mass is 10.1. The van der Waals surface area contributed by atoms with E-state index in [-0.39, 0.29) is 5.75 Å². The fourth-order valence-corrected chi connectivity index (χ4v) is 2.48. The van der Waals surface area contributed by atoms with Gasteiger partial charge in [-0.15, -0.1) is 0 Å². The fourth-order valence-electron chi connectivity index (χ4n) is 2.48. The van der Waals surface area contributed by atoms with Crippen molar-refractivity contribution in [3.8, 4) is 5.75 Å². The number of benzene rings is 1. The monoisotopic (exact) mass is 319 g/mol. The highest BCUT2D eigenvalue weighted by molar-refractivity contribution is 5.83. The van der Waals surface area contributed by atoms with Gasteiger partial charge in [0.05, 0.1) is 0 Å². The van der Waals surface area contributed by atoms with Gasteiger partial charge in [0.1, 0.15) is 5.75 Å². The zero-order chi connectivity index (χ0) is 16.8. The molecule has 0 amide bonds. The zero-order valence-corrected chi connectivity index (χ0v) is 13.9. The number of nitrogens with zero attached hydrogens (tertiary/aromatic N) is 1. The number of hydrogen-bond donors (Lipinski definition) is 2. The molecule has 128 valence electrons. The molecule has 0 fully saturated rings. The summed E-state index contributed by atoms with van der Waals surface area (Å²) >= 11 is 0. The molecule has 0 saturated heterocycles. The molecule has 0 aromatic heterocycles. The summed E-state index contributed by atoms with van der Waals surface area (Å²) in [5.74, 6) is -0.408. The molecule has 0 bridgehead atoms. The lowest BCUT2D eigenvalue weighted by molar-refractivity contribution is -0.137. The van der Waals surface area contributed by atoms with Crippen LogP contribution in [-0.4, -0.2) is 28.9 Å². The first-order valence-corrected chi connectivity index (χ1v) is 8.70. The lowest BCUT2D eigenvalue weighted by Gasteiger charge is -2.01. The van der Waals surface area contributed by atoms with E-state index in [1.165, 1.54) is 32.1 Å². The van der Waals surface area contributed by atoms with E-state index in [1.807, 2.05) is 12.1 Å². The summed E-state index contributed by atoms with van der Waals surface area (Å²) in [4.78, 5) is 14.7. The Kier molecular flexibility index (Phi) is 10.6. The number of carboxylic acids is 1. The SMILES string of the molecule is O=C(O)CCCCCCCCCCCN=Cc1ccccc1O. The summed E-state index contributed by atoms with van der Waals surface area (Å²) in [6.07, 6.45) is 12.3. The number of carbonyl (C=O) groups is 1. The average Bonchev–Trinajstić information content (AvgIpc) is 2.53. The number of para-hydroxylation sites is 1. The van der Waals surface area contributed by atoms with Gasteiger partial charge >= 0.3 is 5.97 Å². The van der Waals surface area contributed by atoms with E-state index < -0.39 is 5.97 Å². The number of rotatable bonds is 13. The zero-order valence-electron chi connectivity index (χ0n) is 13.9. The van der Waals surface area contributed by atoms with Gasteiger partial charge in [0.25, 0.3) is 0 Å². The standard InChI is InChI=1S/C19H29NO3/c21-18-13-10-9-12-17(18)16-20-15-11-7-5-3-1-2-4-6-8-14-19(22)23/h9-10,12-13,16,21H,1-8,11,14-15H2,(H,22,23). The quantitative estimate of drug-likeness (QED) is 0.405. The third kappa shape index (κ3) is 10.5. The van der Waals surface area contributed by atoms with Crippen LogP contribution in [0.15, 0.2) is 29.3 Å². The summed E-state index contributed by atoms with van der Waals surface area (Å²) in [6.45, 7) is 0.809. The maximum atomic E-state index is 10.4. The van der Waals surface area contributed by atoms with Gasteiger partial charge in [-0.2, -0.15) is 0 Å². The number of aliphatic carboxylic acids is 1. The lowest BCUT2D eigenvalue weighted by Crippen LogP contribution is -1.93. The second-order valence-electron chi connectivity index (χ2n) is 5.92. The Bertz CT molecular complexity index is 471. The Morgan fingerprint density at radius 1 is 0.913 bits per heavy atom. The molecule has 4 nitrogen and oxygen atoms in total. The van der Waals surface area contributed by atoms with Gasteiger partial charge in [0.2, 0.25) is 0 Å². The molecule has 0 aliphatic rings. The minimum atomic E-state index is -0.685. The van der Waals surface area contributed by atoms with Gasteiger partial charge in [-0.3, -0.25) is 9.79 Å². The van der Waals surface area contributed by atoms with Crippen molar-refractivity contribution in [2.75, 3.05) is 6.54 Å². The smallest absolute Gasteiger partial charge is 0.303 e. The molecule has 0 spiro atoms. The van der Waals surface area contributed by atoms with Crippen molar-refractivity contribution < 1.29 is 15.0 Å². The van der Waals surface area contributed by atoms with Crippen molar-refractivity contribution in [3.63, 3.8) is 0 Å². The van der Waals surface area contributed by atoms with Crippen molar-refractivity contribution in [3.05, 3.63) is 29.8 Å². The van der Waals surface area contributed by atoms with Crippen LogP contribution >= 0.6 is 0 Å². The Labute approximate surface area is 139 Å². The molecule has 23 heavy (non-hydrogen) atoms. The van der Waals surface area contributed by atoms with Crippen LogP contribution in [0.3, 0.4) is 0 Å². The van der Waals surface area contributed by atoms with Gasteiger partial charge in [0.15, 0.2) is 0 Å². The van der Waals surface area contributed by atoms with Crippen LogP contribution in [-0.2, 0) is 4.79 Å². The van der Waals surface area contributed by atoms with E-state index in [0.29, 0.717) is 6.42 Å². The molecule has 0 aliphatic heterocycles. The third-order valence-corrected chi connectivity index (χ3v) is 3.84. The maximum Gasteiger partial charge on any atom is 0.303 e. The van der Waals surface area contributed by atoms with E-state index in [1.54, 1.807) is 18.3 Å². The molecule has 0 saturated carbocycles. The second-order valence-corrected chi connectivity index (χ2v) is 5.92. The first-order chi connectivity index (χ1) is 11.2. The molecule has 1 aromatic rings. The van der Waals surface area contributed by atoms with Crippen molar-refractivity contribution in [2.45, 2.75) is 64.2 Å². The molecular weight excluding hydrogens is 290 g/mol. The molecule has 4 heteroatoms. The van der Waals surface area contributed by atoms with Gasteiger partial charge in [-0.05, 0) is 25.0 Å². The van der Waals surface area contributed by atoms with Gasteiger partial charge < -0.3 is 10.2 Å². The minimum absolute atomic E-state index is 0.277. The van der Waals surface area contributed by atoms with Crippen LogP contribution in [0, 0.1) is 0 Å². The molecule has 0 heterocycles. The van der Waals surface area contributed by atoms with Crippen LogP contribution in [0.1, 0.15) is 69.8 Å². The summed E-state index contributed by atoms with van der Waals surface area (Å²) in [5, 5.41) is 18.1. The third-order valence-electron chi connectivity index (χ3n) is 3.84. The molecule has 2 N–H and O–H groups in total. The number of aliphatic imine (C=N–C) groups is 1. The Hall–Kier alpha value is -1.84. The normalized spacial score (nSPS) is 11.1. The molecule has 0 unspecified atom stereocenters. The first kappa shape index (κ1) is 19.2. The van der Waals surface area contributed by atoms with Crippen molar-refractivity contribution in [2.24, 2.45) is 4.99 Å². The highest BCUT2D eigenvalue weighted by Gasteiger charge is 1.97. The fraction of sp³-hybridized carbons (Fsp3) is 0.579. The van der Waals surface area contributed by atoms with Crippen molar-refractivity contribution in [1.29, 1.82) is 0 Å². The Balaban J connectivity index is 1.88. The maximum absolute atomic E-state index is 10.4. The van der Waals surface area contributed by atoms with Gasteiger partial charge in [-0.25, -0.2) is 0 Å². The van der Waals surface area contributed by atoms with Crippen molar-refractivity contribution >= 4 is 12.2 Å². The predicted molar refractivity (Wildman–Crippen MR) is 94.4 cm³/mol. The van der Waals surface area contributed by atoms with Crippen LogP contribution in [0.4, 0.5) is 0 Å². The highest BCUT2D eigenvalue weighted by atomic mass is 16.4. The molecule has 1 aromatic carbocycles. The molecule has 1 rings (SSSR count). The average molecular weight is 319 g/mol. The minimum Gasteiger partial charge on any atom is -0.507 e. The van der Waals surface area contributed by atoms with E-state index in [9.17, 15) is 9.90 Å². The number of phenolic OH excluding ortho intramolecular Hbond substituents is 1. The van der Waals surface area contributed by atoms with Crippen LogP contribution in [0.25, 0.3) is 0 Å². The number of carboxylic acid groups (broad SMARTS) is 1. The van der Waals surface area contributed by atoms with Crippen LogP contribution in [0.5, 0.6) is 5.75 Å². The van der Waals surface area contributed by atoms with Crippen molar-refractivity contribution in [1.82, 2.24) is 0 Å². The summed E-state index contributed by atoms with van der Waals surface area (Å²) in [5.41, 5.74) is 0.774. The van der Waals surface area contributed by atoms with Gasteiger partial charge in [0, 0.05) is 24.7 Å².